The Labute approximate surface area is 160 Å². The molecule has 0 aromatic heterocycles. The van der Waals surface area contributed by atoms with Gasteiger partial charge in [0.25, 0.3) is 0 Å². The van der Waals surface area contributed by atoms with Crippen molar-refractivity contribution in [2.24, 2.45) is 5.92 Å². The lowest BCUT2D eigenvalue weighted by Gasteiger charge is -2.37. The summed E-state index contributed by atoms with van der Waals surface area (Å²) in [6.45, 7) is 3.76. The van der Waals surface area contributed by atoms with Gasteiger partial charge in [-0.05, 0) is 24.3 Å². The van der Waals surface area contributed by atoms with Crippen LogP contribution < -0.4 is 5.32 Å². The molecule has 1 saturated carbocycles. The molecule has 1 aliphatic heterocycles. The minimum absolute atomic E-state index is 0.00938. The van der Waals surface area contributed by atoms with Crippen LogP contribution in [0.3, 0.4) is 0 Å². The number of rotatable bonds is 6. The van der Waals surface area contributed by atoms with Crippen LogP contribution >= 0.6 is 0 Å². The standard InChI is InChI=1S/C21H29N3O3/c1-2-18(25)22-20(17-10-4-3-5-11-17)21(27)24-13-12-23(19(26)15-24)14-16-8-6-7-9-16/h3-5,10-11,16,20H,2,6-9,12-15H2,1H3,(H,22,25). The number of benzene rings is 1. The fraction of sp³-hybridized carbons (Fsp3) is 0.571. The van der Waals surface area contributed by atoms with E-state index in [0.29, 0.717) is 25.4 Å². The molecule has 146 valence electrons. The molecule has 1 saturated heterocycles. The molecule has 1 heterocycles. The lowest BCUT2D eigenvalue weighted by Crippen LogP contribution is -2.55. The molecule has 6 heteroatoms. The first-order valence-electron chi connectivity index (χ1n) is 9.99. The van der Waals surface area contributed by atoms with Crippen LogP contribution in [-0.2, 0) is 14.4 Å². The van der Waals surface area contributed by atoms with Crippen LogP contribution in [0.2, 0.25) is 0 Å². The SMILES string of the molecule is CCC(=O)NC(C(=O)N1CCN(CC2CCCC2)C(=O)C1)c1ccccc1. The molecule has 1 atom stereocenters. The first-order valence-corrected chi connectivity index (χ1v) is 9.99. The van der Waals surface area contributed by atoms with Gasteiger partial charge in [-0.3, -0.25) is 14.4 Å². The summed E-state index contributed by atoms with van der Waals surface area (Å²) < 4.78 is 0. The molecule has 3 amide bonds. The Balaban J connectivity index is 1.65. The topological polar surface area (TPSA) is 69.7 Å². The molecular formula is C21H29N3O3. The highest BCUT2D eigenvalue weighted by Crippen LogP contribution is 2.26. The smallest absolute Gasteiger partial charge is 0.250 e. The van der Waals surface area contributed by atoms with Crippen LogP contribution in [0.15, 0.2) is 30.3 Å². The Morgan fingerprint density at radius 2 is 1.85 bits per heavy atom. The van der Waals surface area contributed by atoms with Crippen molar-refractivity contribution in [3.05, 3.63) is 35.9 Å². The van der Waals surface area contributed by atoms with Crippen LogP contribution in [0.25, 0.3) is 0 Å². The summed E-state index contributed by atoms with van der Waals surface area (Å²) in [6, 6.07) is 8.48. The number of piperazine rings is 1. The van der Waals surface area contributed by atoms with Crippen molar-refractivity contribution in [2.45, 2.75) is 45.1 Å². The third-order valence-corrected chi connectivity index (χ3v) is 5.59. The highest BCUT2D eigenvalue weighted by atomic mass is 16.2. The zero-order valence-corrected chi connectivity index (χ0v) is 16.0. The Hall–Kier alpha value is -2.37. The summed E-state index contributed by atoms with van der Waals surface area (Å²) in [5.74, 6) is 0.229. The molecule has 0 spiro atoms. The average Bonchev–Trinajstić information content (AvgIpc) is 3.20. The van der Waals surface area contributed by atoms with Crippen LogP contribution in [0.4, 0.5) is 0 Å². The molecule has 1 aromatic rings. The monoisotopic (exact) mass is 371 g/mol. The second kappa shape index (κ2) is 9.02. The van der Waals surface area contributed by atoms with Crippen molar-refractivity contribution in [3.63, 3.8) is 0 Å². The molecule has 1 unspecified atom stereocenters. The Morgan fingerprint density at radius 1 is 1.15 bits per heavy atom. The van der Waals surface area contributed by atoms with E-state index in [0.717, 1.165) is 12.1 Å². The predicted molar refractivity (Wildman–Crippen MR) is 103 cm³/mol. The van der Waals surface area contributed by atoms with Gasteiger partial charge in [-0.2, -0.15) is 0 Å². The predicted octanol–water partition coefficient (Wildman–Crippen LogP) is 2.11. The van der Waals surface area contributed by atoms with Crippen molar-refractivity contribution < 1.29 is 14.4 Å². The van der Waals surface area contributed by atoms with Gasteiger partial charge in [0.05, 0.1) is 6.54 Å². The van der Waals surface area contributed by atoms with E-state index in [-0.39, 0.29) is 24.3 Å². The molecule has 1 aromatic carbocycles. The van der Waals surface area contributed by atoms with Crippen LogP contribution in [0.1, 0.15) is 50.6 Å². The third kappa shape index (κ3) is 4.87. The Kier molecular flexibility index (Phi) is 6.48. The van der Waals surface area contributed by atoms with Crippen LogP contribution in [-0.4, -0.2) is 53.7 Å². The number of carbonyl (C=O) groups excluding carboxylic acids is 3. The first-order chi connectivity index (χ1) is 13.1. The van der Waals surface area contributed by atoms with Gasteiger partial charge in [-0.25, -0.2) is 0 Å². The second-order valence-electron chi connectivity index (χ2n) is 7.51. The third-order valence-electron chi connectivity index (χ3n) is 5.59. The van der Waals surface area contributed by atoms with E-state index >= 15 is 0 Å². The van der Waals surface area contributed by atoms with Gasteiger partial charge in [-0.1, -0.05) is 50.1 Å². The van der Waals surface area contributed by atoms with Crippen LogP contribution in [0, 0.1) is 5.92 Å². The van der Waals surface area contributed by atoms with Crippen molar-refractivity contribution >= 4 is 17.7 Å². The summed E-state index contributed by atoms with van der Waals surface area (Å²) in [4.78, 5) is 41.1. The number of hydrogen-bond donors (Lipinski definition) is 1. The van der Waals surface area contributed by atoms with Crippen molar-refractivity contribution in [1.29, 1.82) is 0 Å². The molecule has 27 heavy (non-hydrogen) atoms. The average molecular weight is 371 g/mol. The van der Waals surface area contributed by atoms with Gasteiger partial charge < -0.3 is 15.1 Å². The van der Waals surface area contributed by atoms with E-state index in [9.17, 15) is 14.4 Å². The highest BCUT2D eigenvalue weighted by Gasteiger charge is 2.33. The Bertz CT molecular complexity index is 671. The van der Waals surface area contributed by atoms with E-state index < -0.39 is 6.04 Å². The summed E-state index contributed by atoms with van der Waals surface area (Å²) >= 11 is 0. The number of hydrogen-bond acceptors (Lipinski definition) is 3. The minimum atomic E-state index is -0.743. The van der Waals surface area contributed by atoms with Gasteiger partial charge >= 0.3 is 0 Å². The number of carbonyl (C=O) groups is 3. The van der Waals surface area contributed by atoms with Gasteiger partial charge in [0.2, 0.25) is 17.7 Å². The zero-order valence-electron chi connectivity index (χ0n) is 16.0. The second-order valence-corrected chi connectivity index (χ2v) is 7.51. The molecule has 1 aliphatic carbocycles. The van der Waals surface area contributed by atoms with Crippen molar-refractivity contribution in [2.75, 3.05) is 26.2 Å². The van der Waals surface area contributed by atoms with Gasteiger partial charge in [-0.15, -0.1) is 0 Å². The van der Waals surface area contributed by atoms with Crippen molar-refractivity contribution in [1.82, 2.24) is 15.1 Å². The molecule has 2 fully saturated rings. The fourth-order valence-electron chi connectivity index (χ4n) is 3.97. The maximum absolute atomic E-state index is 13.1. The number of nitrogens with one attached hydrogen (secondary N) is 1. The van der Waals surface area contributed by atoms with Gasteiger partial charge in [0.1, 0.15) is 6.04 Å². The normalized spacial score (nSPS) is 19.2. The lowest BCUT2D eigenvalue weighted by molar-refractivity contribution is -0.147. The maximum atomic E-state index is 13.1. The molecule has 2 aliphatic rings. The van der Waals surface area contributed by atoms with E-state index in [1.165, 1.54) is 25.7 Å². The molecule has 3 rings (SSSR count). The quantitative estimate of drug-likeness (QED) is 0.833. The summed E-state index contributed by atoms with van der Waals surface area (Å²) in [5, 5.41) is 2.81. The Morgan fingerprint density at radius 3 is 2.48 bits per heavy atom. The molecule has 6 nitrogen and oxygen atoms in total. The molecular weight excluding hydrogens is 342 g/mol. The zero-order chi connectivity index (χ0) is 19.2. The summed E-state index contributed by atoms with van der Waals surface area (Å²) in [5.41, 5.74) is 0.741. The van der Waals surface area contributed by atoms with E-state index in [1.54, 1.807) is 11.8 Å². The molecule has 0 radical (unpaired) electrons. The van der Waals surface area contributed by atoms with E-state index in [2.05, 4.69) is 5.32 Å². The number of amides is 3. The number of nitrogens with zero attached hydrogens (tertiary/aromatic N) is 2. The van der Waals surface area contributed by atoms with Gasteiger partial charge in [0, 0.05) is 26.1 Å². The minimum Gasteiger partial charge on any atom is -0.341 e. The maximum Gasteiger partial charge on any atom is 0.250 e. The van der Waals surface area contributed by atoms with Crippen molar-refractivity contribution in [3.8, 4) is 0 Å². The first kappa shape index (κ1) is 19.4. The van der Waals surface area contributed by atoms with E-state index in [4.69, 9.17) is 0 Å². The van der Waals surface area contributed by atoms with Crippen LogP contribution in [0.5, 0.6) is 0 Å². The molecule has 1 N–H and O–H groups in total. The fourth-order valence-corrected chi connectivity index (χ4v) is 3.97. The summed E-state index contributed by atoms with van der Waals surface area (Å²) in [7, 11) is 0. The van der Waals surface area contributed by atoms with E-state index in [1.807, 2.05) is 35.2 Å². The lowest BCUT2D eigenvalue weighted by atomic mass is 10.0. The highest BCUT2D eigenvalue weighted by molar-refractivity contribution is 5.92. The molecule has 0 bridgehead atoms. The van der Waals surface area contributed by atoms with Gasteiger partial charge in [0.15, 0.2) is 0 Å². The largest absolute Gasteiger partial charge is 0.341 e. The summed E-state index contributed by atoms with van der Waals surface area (Å²) in [6.07, 6.45) is 5.22.